The summed E-state index contributed by atoms with van der Waals surface area (Å²) < 4.78 is 7.02. The van der Waals surface area contributed by atoms with Crippen molar-refractivity contribution >= 4 is 5.97 Å². The lowest BCUT2D eigenvalue weighted by Gasteiger charge is -2.10. The van der Waals surface area contributed by atoms with Gasteiger partial charge in [0.2, 0.25) is 0 Å². The van der Waals surface area contributed by atoms with Crippen molar-refractivity contribution in [1.29, 1.82) is 0 Å². The molecular weight excluding hydrogens is 270 g/mol. The molecule has 6 heteroatoms. The monoisotopic (exact) mass is 287 g/mol. The van der Waals surface area contributed by atoms with Gasteiger partial charge in [0.15, 0.2) is 5.69 Å². The molecule has 1 aromatic carbocycles. The molecule has 1 aliphatic rings. The molecule has 1 N–H and O–H groups in total. The molecule has 1 aliphatic carbocycles. The van der Waals surface area contributed by atoms with Crippen molar-refractivity contribution in [2.75, 3.05) is 7.11 Å². The zero-order valence-electron chi connectivity index (χ0n) is 11.8. The summed E-state index contributed by atoms with van der Waals surface area (Å²) in [4.78, 5) is 11.4. The molecule has 3 rings (SSSR count). The van der Waals surface area contributed by atoms with Gasteiger partial charge in [-0.05, 0) is 24.5 Å². The van der Waals surface area contributed by atoms with E-state index in [1.807, 2.05) is 18.2 Å². The number of methoxy groups -OCH3 is 1. The number of aromatic carboxylic acids is 1. The van der Waals surface area contributed by atoms with Gasteiger partial charge < -0.3 is 9.84 Å². The Labute approximate surface area is 122 Å². The average Bonchev–Trinajstić information content (AvgIpc) is 3.22. The van der Waals surface area contributed by atoms with Gasteiger partial charge in [0, 0.05) is 12.1 Å². The van der Waals surface area contributed by atoms with Crippen LogP contribution in [-0.4, -0.2) is 33.2 Å². The third-order valence-corrected chi connectivity index (χ3v) is 3.75. The summed E-state index contributed by atoms with van der Waals surface area (Å²) in [5, 5.41) is 17.2. The fraction of sp³-hybridized carbons (Fsp3) is 0.400. The number of aryl methyl sites for hydroxylation is 1. The molecule has 1 aromatic heterocycles. The van der Waals surface area contributed by atoms with Gasteiger partial charge in [0.25, 0.3) is 0 Å². The van der Waals surface area contributed by atoms with Crippen LogP contribution in [0, 0.1) is 5.92 Å². The zero-order chi connectivity index (χ0) is 14.8. The summed E-state index contributed by atoms with van der Waals surface area (Å²) in [6.45, 7) is 0.679. The number of hydrogen-bond donors (Lipinski definition) is 1. The van der Waals surface area contributed by atoms with Gasteiger partial charge in [-0.25, -0.2) is 9.48 Å². The number of ether oxygens (including phenoxy) is 1. The van der Waals surface area contributed by atoms with Crippen molar-refractivity contribution in [2.24, 2.45) is 5.92 Å². The van der Waals surface area contributed by atoms with Crippen LogP contribution in [0.15, 0.2) is 24.3 Å². The van der Waals surface area contributed by atoms with Gasteiger partial charge in [0.05, 0.1) is 7.11 Å². The molecule has 1 fully saturated rings. The summed E-state index contributed by atoms with van der Waals surface area (Å²) in [7, 11) is 1.57. The molecule has 0 atom stereocenters. The summed E-state index contributed by atoms with van der Waals surface area (Å²) in [5.41, 5.74) is 1.19. The second kappa shape index (κ2) is 5.55. The predicted molar refractivity (Wildman–Crippen MR) is 76.3 cm³/mol. The maximum atomic E-state index is 11.4. The normalized spacial score (nSPS) is 14.1. The highest BCUT2D eigenvalue weighted by Gasteiger charge is 2.25. The van der Waals surface area contributed by atoms with Crippen LogP contribution in [0.2, 0.25) is 0 Å². The third kappa shape index (κ3) is 2.74. The second-order valence-corrected chi connectivity index (χ2v) is 5.25. The number of carbonyl (C=O) groups is 1. The van der Waals surface area contributed by atoms with Crippen molar-refractivity contribution < 1.29 is 14.6 Å². The van der Waals surface area contributed by atoms with E-state index >= 15 is 0 Å². The summed E-state index contributed by atoms with van der Waals surface area (Å²) in [6, 6.07) is 7.33. The molecule has 0 radical (unpaired) electrons. The maximum absolute atomic E-state index is 11.4. The maximum Gasteiger partial charge on any atom is 0.358 e. The van der Waals surface area contributed by atoms with E-state index in [0.717, 1.165) is 12.3 Å². The molecule has 110 valence electrons. The van der Waals surface area contributed by atoms with E-state index in [2.05, 4.69) is 10.3 Å². The molecule has 0 spiro atoms. The van der Waals surface area contributed by atoms with E-state index < -0.39 is 5.97 Å². The quantitative estimate of drug-likeness (QED) is 0.883. The van der Waals surface area contributed by atoms with Crippen LogP contribution in [0.25, 0.3) is 11.3 Å². The van der Waals surface area contributed by atoms with Gasteiger partial charge >= 0.3 is 5.97 Å². The minimum atomic E-state index is -1.08. The molecule has 2 aromatic rings. The van der Waals surface area contributed by atoms with E-state index in [4.69, 9.17) is 4.74 Å². The Kier molecular flexibility index (Phi) is 3.60. The smallest absolute Gasteiger partial charge is 0.358 e. The number of rotatable bonds is 6. The number of carboxylic acid groups (broad SMARTS) is 1. The fourth-order valence-electron chi connectivity index (χ4n) is 2.43. The van der Waals surface area contributed by atoms with Crippen LogP contribution in [0.1, 0.15) is 29.8 Å². The highest BCUT2D eigenvalue weighted by molar-refractivity contribution is 5.93. The van der Waals surface area contributed by atoms with E-state index in [1.54, 1.807) is 17.9 Å². The van der Waals surface area contributed by atoms with Gasteiger partial charge in [-0.15, -0.1) is 5.10 Å². The Hall–Kier alpha value is -2.37. The van der Waals surface area contributed by atoms with Gasteiger partial charge in [-0.3, -0.25) is 0 Å². The Morgan fingerprint density at radius 3 is 2.86 bits per heavy atom. The van der Waals surface area contributed by atoms with Crippen LogP contribution in [-0.2, 0) is 6.54 Å². The highest BCUT2D eigenvalue weighted by Crippen LogP contribution is 2.35. The molecule has 0 aliphatic heterocycles. The Bertz CT molecular complexity index is 662. The number of benzene rings is 1. The second-order valence-electron chi connectivity index (χ2n) is 5.25. The Morgan fingerprint density at radius 1 is 1.43 bits per heavy atom. The number of para-hydroxylation sites is 1. The molecule has 6 nitrogen and oxygen atoms in total. The van der Waals surface area contributed by atoms with E-state index in [1.165, 1.54) is 12.8 Å². The predicted octanol–water partition coefficient (Wildman–Crippen LogP) is 2.45. The number of aromatic nitrogens is 3. The first kappa shape index (κ1) is 13.6. The zero-order valence-corrected chi connectivity index (χ0v) is 11.8. The van der Waals surface area contributed by atoms with Gasteiger partial charge in [-0.1, -0.05) is 30.2 Å². The van der Waals surface area contributed by atoms with Crippen LogP contribution in [0.3, 0.4) is 0 Å². The standard InChI is InChI=1S/C15H17N3O3/c1-21-12-5-3-2-4-11(12)14-13(15(19)20)16-17-18(14)9-8-10-6-7-10/h2-5,10H,6-9H2,1H3,(H,19,20). The van der Waals surface area contributed by atoms with E-state index in [9.17, 15) is 9.90 Å². The van der Waals surface area contributed by atoms with Crippen LogP contribution in [0.4, 0.5) is 0 Å². The van der Waals surface area contributed by atoms with Crippen molar-refractivity contribution in [3.05, 3.63) is 30.0 Å². The lowest BCUT2D eigenvalue weighted by atomic mass is 10.1. The van der Waals surface area contributed by atoms with Crippen molar-refractivity contribution in [2.45, 2.75) is 25.8 Å². The molecular formula is C15H17N3O3. The molecule has 0 amide bonds. The number of hydrogen-bond acceptors (Lipinski definition) is 4. The van der Waals surface area contributed by atoms with Crippen molar-refractivity contribution in [3.8, 4) is 17.0 Å². The fourth-order valence-corrected chi connectivity index (χ4v) is 2.43. The van der Waals surface area contributed by atoms with Crippen molar-refractivity contribution in [3.63, 3.8) is 0 Å². The van der Waals surface area contributed by atoms with Gasteiger partial charge in [-0.2, -0.15) is 0 Å². The molecule has 21 heavy (non-hydrogen) atoms. The molecule has 0 saturated heterocycles. The van der Waals surface area contributed by atoms with Crippen LogP contribution < -0.4 is 4.74 Å². The number of carboxylic acids is 1. The van der Waals surface area contributed by atoms with E-state index in [0.29, 0.717) is 23.6 Å². The first-order chi connectivity index (χ1) is 10.2. The molecule has 0 unspecified atom stereocenters. The minimum absolute atomic E-state index is 0.0321. The third-order valence-electron chi connectivity index (χ3n) is 3.75. The summed E-state index contributed by atoms with van der Waals surface area (Å²) >= 11 is 0. The van der Waals surface area contributed by atoms with Gasteiger partial charge in [0.1, 0.15) is 11.4 Å². The summed E-state index contributed by atoms with van der Waals surface area (Å²) in [5.74, 6) is 0.288. The lowest BCUT2D eigenvalue weighted by Crippen LogP contribution is -2.06. The Balaban J connectivity index is 2.04. The minimum Gasteiger partial charge on any atom is -0.496 e. The molecule has 1 saturated carbocycles. The molecule has 0 bridgehead atoms. The van der Waals surface area contributed by atoms with E-state index in [-0.39, 0.29) is 5.69 Å². The van der Waals surface area contributed by atoms with Crippen molar-refractivity contribution in [1.82, 2.24) is 15.0 Å². The lowest BCUT2D eigenvalue weighted by molar-refractivity contribution is 0.0691. The van der Waals surface area contributed by atoms with Crippen LogP contribution >= 0.6 is 0 Å². The number of nitrogens with zero attached hydrogens (tertiary/aromatic N) is 3. The topological polar surface area (TPSA) is 77.2 Å². The average molecular weight is 287 g/mol. The first-order valence-electron chi connectivity index (χ1n) is 7.01. The largest absolute Gasteiger partial charge is 0.496 e. The summed E-state index contributed by atoms with van der Waals surface area (Å²) in [6.07, 6.45) is 3.51. The molecule has 1 heterocycles. The van der Waals surface area contributed by atoms with Crippen LogP contribution in [0.5, 0.6) is 5.75 Å². The highest BCUT2D eigenvalue weighted by atomic mass is 16.5. The Morgan fingerprint density at radius 2 is 2.19 bits per heavy atom. The first-order valence-corrected chi connectivity index (χ1v) is 7.01. The SMILES string of the molecule is COc1ccccc1-c1c(C(=O)O)nnn1CCC1CC1.